The number of hydrogen-bond donors (Lipinski definition) is 1. The van der Waals surface area contributed by atoms with Gasteiger partial charge in [0, 0.05) is 11.4 Å². The monoisotopic (exact) mass is 302 g/mol. The van der Waals surface area contributed by atoms with Gasteiger partial charge in [-0.3, -0.25) is 4.90 Å². The molecule has 0 aliphatic heterocycles. The first-order valence-corrected chi connectivity index (χ1v) is 8.39. The summed E-state index contributed by atoms with van der Waals surface area (Å²) >= 11 is 1.85. The van der Waals surface area contributed by atoms with E-state index in [1.54, 1.807) is 0 Å². The first-order valence-electron chi connectivity index (χ1n) is 7.58. The highest BCUT2D eigenvalue weighted by Gasteiger charge is 2.23. The van der Waals surface area contributed by atoms with E-state index in [2.05, 4.69) is 35.2 Å². The molecule has 1 aromatic heterocycles. The number of likely N-dealkylation sites (N-methyl/N-ethyl adjacent to an activating group) is 1. The standard InChI is InChI=1S/C17H22N2OS/c1-19(9-10-20)12-17-18-15-8-7-14(11-16(15)21-17)13-5-3-2-4-6-13/h2-6,14,20H,7-12H2,1H3/t14-/m1/s1. The van der Waals surface area contributed by atoms with Crippen LogP contribution in [0.2, 0.25) is 0 Å². The van der Waals surface area contributed by atoms with Crippen molar-refractivity contribution in [2.24, 2.45) is 0 Å². The molecule has 3 rings (SSSR count). The van der Waals surface area contributed by atoms with Crippen LogP contribution in [0.15, 0.2) is 30.3 Å². The maximum Gasteiger partial charge on any atom is 0.107 e. The molecule has 0 saturated heterocycles. The Morgan fingerprint density at radius 2 is 2.14 bits per heavy atom. The molecule has 0 unspecified atom stereocenters. The summed E-state index contributed by atoms with van der Waals surface area (Å²) in [6, 6.07) is 10.8. The van der Waals surface area contributed by atoms with Crippen molar-refractivity contribution in [2.75, 3.05) is 20.2 Å². The normalized spacial score (nSPS) is 18.0. The Morgan fingerprint density at radius 3 is 2.90 bits per heavy atom. The van der Waals surface area contributed by atoms with Gasteiger partial charge in [0.25, 0.3) is 0 Å². The lowest BCUT2D eigenvalue weighted by Gasteiger charge is -2.21. The number of aromatic nitrogens is 1. The molecule has 1 aliphatic carbocycles. The van der Waals surface area contributed by atoms with Gasteiger partial charge in [-0.05, 0) is 37.8 Å². The predicted octanol–water partition coefficient (Wildman–Crippen LogP) is 2.84. The average Bonchev–Trinajstić information content (AvgIpc) is 2.89. The van der Waals surface area contributed by atoms with E-state index in [9.17, 15) is 0 Å². The van der Waals surface area contributed by atoms with E-state index < -0.39 is 0 Å². The van der Waals surface area contributed by atoms with Gasteiger partial charge in [0.2, 0.25) is 0 Å². The van der Waals surface area contributed by atoms with Gasteiger partial charge < -0.3 is 5.11 Å². The number of aryl methyl sites for hydroxylation is 1. The van der Waals surface area contributed by atoms with Crippen LogP contribution in [0.5, 0.6) is 0 Å². The van der Waals surface area contributed by atoms with Crippen LogP contribution in [0.4, 0.5) is 0 Å². The number of nitrogens with zero attached hydrogens (tertiary/aromatic N) is 2. The molecule has 0 radical (unpaired) electrons. The smallest absolute Gasteiger partial charge is 0.107 e. The largest absolute Gasteiger partial charge is 0.395 e. The maximum absolute atomic E-state index is 8.98. The van der Waals surface area contributed by atoms with Crippen molar-refractivity contribution in [3.8, 4) is 0 Å². The van der Waals surface area contributed by atoms with Crippen LogP contribution < -0.4 is 0 Å². The molecule has 0 saturated carbocycles. The summed E-state index contributed by atoms with van der Waals surface area (Å²) in [5.74, 6) is 0.641. The Bertz CT molecular complexity index is 582. The van der Waals surface area contributed by atoms with Gasteiger partial charge in [-0.1, -0.05) is 30.3 Å². The van der Waals surface area contributed by atoms with E-state index in [-0.39, 0.29) is 6.61 Å². The second-order valence-electron chi connectivity index (χ2n) is 5.79. The highest BCUT2D eigenvalue weighted by molar-refractivity contribution is 7.11. The lowest BCUT2D eigenvalue weighted by atomic mass is 9.85. The van der Waals surface area contributed by atoms with Gasteiger partial charge in [-0.2, -0.15) is 0 Å². The van der Waals surface area contributed by atoms with Gasteiger partial charge in [0.15, 0.2) is 0 Å². The highest BCUT2D eigenvalue weighted by Crippen LogP contribution is 2.35. The zero-order chi connectivity index (χ0) is 14.7. The summed E-state index contributed by atoms with van der Waals surface area (Å²) in [5.41, 5.74) is 2.76. The van der Waals surface area contributed by atoms with E-state index in [1.807, 2.05) is 18.4 Å². The van der Waals surface area contributed by atoms with Crippen molar-refractivity contribution in [3.05, 3.63) is 51.5 Å². The van der Waals surface area contributed by atoms with Crippen LogP contribution >= 0.6 is 11.3 Å². The molecule has 1 aromatic carbocycles. The Hall–Kier alpha value is -1.23. The van der Waals surface area contributed by atoms with Gasteiger partial charge in [0.1, 0.15) is 5.01 Å². The Morgan fingerprint density at radius 1 is 1.33 bits per heavy atom. The van der Waals surface area contributed by atoms with E-state index in [0.717, 1.165) is 19.4 Å². The molecule has 1 N–H and O–H groups in total. The van der Waals surface area contributed by atoms with Crippen LogP contribution in [0, 0.1) is 0 Å². The Labute approximate surface area is 130 Å². The van der Waals surface area contributed by atoms with Gasteiger partial charge in [-0.25, -0.2) is 4.98 Å². The second-order valence-corrected chi connectivity index (χ2v) is 6.96. The van der Waals surface area contributed by atoms with Gasteiger partial charge in [0.05, 0.1) is 18.8 Å². The lowest BCUT2D eigenvalue weighted by Crippen LogP contribution is -2.21. The third-order valence-electron chi connectivity index (χ3n) is 4.14. The summed E-state index contributed by atoms with van der Waals surface area (Å²) < 4.78 is 0. The molecule has 3 nitrogen and oxygen atoms in total. The van der Waals surface area contributed by atoms with Crippen LogP contribution in [0.3, 0.4) is 0 Å². The zero-order valence-corrected chi connectivity index (χ0v) is 13.3. The maximum atomic E-state index is 8.98. The minimum Gasteiger partial charge on any atom is -0.395 e. The number of aliphatic hydroxyl groups is 1. The number of aliphatic hydroxyl groups excluding tert-OH is 1. The third-order valence-corrected chi connectivity index (χ3v) is 5.25. The molecule has 0 bridgehead atoms. The Balaban J connectivity index is 1.70. The van der Waals surface area contributed by atoms with E-state index in [4.69, 9.17) is 10.1 Å². The molecule has 4 heteroatoms. The number of rotatable bonds is 5. The van der Waals surface area contributed by atoms with E-state index >= 15 is 0 Å². The van der Waals surface area contributed by atoms with Crippen molar-refractivity contribution in [1.82, 2.24) is 9.88 Å². The van der Waals surface area contributed by atoms with Crippen molar-refractivity contribution in [2.45, 2.75) is 31.7 Å². The molecule has 0 amide bonds. The summed E-state index contributed by atoms with van der Waals surface area (Å²) in [6.07, 6.45) is 3.42. The minimum absolute atomic E-state index is 0.206. The van der Waals surface area contributed by atoms with Crippen LogP contribution in [0.25, 0.3) is 0 Å². The molecule has 0 spiro atoms. The quantitative estimate of drug-likeness (QED) is 0.922. The molecular formula is C17H22N2OS. The summed E-state index contributed by atoms with van der Waals surface area (Å²) in [4.78, 5) is 8.38. The van der Waals surface area contributed by atoms with Crippen molar-refractivity contribution >= 4 is 11.3 Å². The molecule has 21 heavy (non-hydrogen) atoms. The first kappa shape index (κ1) is 14.7. The SMILES string of the molecule is CN(CCO)Cc1nc2c(s1)C[C@H](c1ccccc1)CC2. The number of benzene rings is 1. The molecule has 2 aromatic rings. The van der Waals surface area contributed by atoms with Crippen LogP contribution in [0.1, 0.15) is 33.5 Å². The summed E-state index contributed by atoms with van der Waals surface area (Å²) in [6.45, 7) is 1.75. The van der Waals surface area contributed by atoms with Crippen molar-refractivity contribution < 1.29 is 5.11 Å². The first-order chi connectivity index (χ1) is 10.3. The molecule has 1 aliphatic rings. The summed E-state index contributed by atoms with van der Waals surface area (Å²) in [5, 5.41) is 10.2. The zero-order valence-electron chi connectivity index (χ0n) is 12.5. The number of thiazole rings is 1. The molecular weight excluding hydrogens is 280 g/mol. The van der Waals surface area contributed by atoms with E-state index in [1.165, 1.54) is 27.6 Å². The molecule has 0 fully saturated rings. The molecule has 112 valence electrons. The second kappa shape index (κ2) is 6.69. The van der Waals surface area contributed by atoms with Crippen LogP contribution in [-0.2, 0) is 19.4 Å². The Kier molecular flexibility index (Phi) is 4.68. The van der Waals surface area contributed by atoms with Gasteiger partial charge >= 0.3 is 0 Å². The number of fused-ring (bicyclic) bond motifs is 1. The fourth-order valence-corrected chi connectivity index (χ4v) is 4.26. The fraction of sp³-hybridized carbons (Fsp3) is 0.471. The average molecular weight is 302 g/mol. The highest BCUT2D eigenvalue weighted by atomic mass is 32.1. The molecule has 1 heterocycles. The summed E-state index contributed by atoms with van der Waals surface area (Å²) in [7, 11) is 2.03. The van der Waals surface area contributed by atoms with Gasteiger partial charge in [-0.15, -0.1) is 11.3 Å². The minimum atomic E-state index is 0.206. The van der Waals surface area contributed by atoms with E-state index in [0.29, 0.717) is 12.5 Å². The van der Waals surface area contributed by atoms with Crippen LogP contribution in [-0.4, -0.2) is 35.2 Å². The predicted molar refractivity (Wildman–Crippen MR) is 86.7 cm³/mol. The third kappa shape index (κ3) is 3.51. The fourth-order valence-electron chi connectivity index (χ4n) is 2.99. The van der Waals surface area contributed by atoms with Crippen molar-refractivity contribution in [1.29, 1.82) is 0 Å². The number of hydrogen-bond acceptors (Lipinski definition) is 4. The lowest BCUT2D eigenvalue weighted by molar-refractivity contribution is 0.217. The van der Waals surface area contributed by atoms with Crippen molar-refractivity contribution in [3.63, 3.8) is 0 Å². The molecule has 1 atom stereocenters. The topological polar surface area (TPSA) is 36.4 Å².